The zero-order valence-electron chi connectivity index (χ0n) is 13.3. The van der Waals surface area contributed by atoms with E-state index in [-0.39, 0.29) is 12.5 Å². The Hall–Kier alpha value is -2.21. The maximum Gasteiger partial charge on any atom is 0.246 e. The maximum atomic E-state index is 11.9. The molecular formula is C17H22N4O2. The maximum absolute atomic E-state index is 11.9. The fourth-order valence-electron chi connectivity index (χ4n) is 2.59. The van der Waals surface area contributed by atoms with Crippen molar-refractivity contribution in [2.75, 3.05) is 0 Å². The minimum absolute atomic E-state index is 0.0311. The zero-order chi connectivity index (χ0) is 16.3. The Balaban J connectivity index is 1.44. The third-order valence-electron chi connectivity index (χ3n) is 4.36. The fourth-order valence-corrected chi connectivity index (χ4v) is 2.59. The molecule has 1 aliphatic carbocycles. The molecule has 3 rings (SSSR count). The van der Waals surface area contributed by atoms with Gasteiger partial charge in [0.15, 0.2) is 5.82 Å². The van der Waals surface area contributed by atoms with Crippen molar-refractivity contribution in [1.82, 2.24) is 15.5 Å². The first kappa shape index (κ1) is 15.7. The second-order valence-corrected chi connectivity index (χ2v) is 6.28. The zero-order valence-corrected chi connectivity index (χ0v) is 13.3. The molecule has 1 heterocycles. The lowest BCUT2D eigenvalue weighted by Crippen LogP contribution is -2.44. The van der Waals surface area contributed by atoms with Crippen LogP contribution in [-0.4, -0.2) is 16.0 Å². The molecule has 6 nitrogen and oxygen atoms in total. The second-order valence-electron chi connectivity index (χ2n) is 6.28. The van der Waals surface area contributed by atoms with Gasteiger partial charge >= 0.3 is 0 Å². The smallest absolute Gasteiger partial charge is 0.246 e. The second kappa shape index (κ2) is 6.50. The van der Waals surface area contributed by atoms with Crippen molar-refractivity contribution < 1.29 is 9.32 Å². The van der Waals surface area contributed by atoms with E-state index in [0.717, 1.165) is 24.8 Å². The molecule has 3 N–H and O–H groups in total. The lowest BCUT2D eigenvalue weighted by atomic mass is 9.77. The number of nitrogens with zero attached hydrogens (tertiary/aromatic N) is 2. The quantitative estimate of drug-likeness (QED) is 0.850. The topological polar surface area (TPSA) is 94.0 Å². The minimum Gasteiger partial charge on any atom is -0.347 e. The van der Waals surface area contributed by atoms with Gasteiger partial charge in [-0.25, -0.2) is 0 Å². The van der Waals surface area contributed by atoms with E-state index in [9.17, 15) is 4.79 Å². The van der Waals surface area contributed by atoms with Crippen LogP contribution in [0.15, 0.2) is 28.8 Å². The van der Waals surface area contributed by atoms with E-state index < -0.39 is 5.54 Å². The van der Waals surface area contributed by atoms with Gasteiger partial charge in [0.05, 0.1) is 12.1 Å². The van der Waals surface area contributed by atoms with Crippen LogP contribution in [0, 0.1) is 6.92 Å². The average molecular weight is 314 g/mol. The molecule has 1 amide bonds. The van der Waals surface area contributed by atoms with E-state index in [1.165, 1.54) is 5.56 Å². The summed E-state index contributed by atoms with van der Waals surface area (Å²) < 4.78 is 5.16. The van der Waals surface area contributed by atoms with Crippen molar-refractivity contribution in [2.45, 2.75) is 51.1 Å². The largest absolute Gasteiger partial charge is 0.347 e. The van der Waals surface area contributed by atoms with Crippen molar-refractivity contribution in [1.29, 1.82) is 0 Å². The standard InChI is InChI=1S/C17H22N4O2/c1-12-3-5-13(6-4-12)7-8-14(22)19-11-15-20-16(21-23-15)17(18)9-2-10-17/h3-6H,2,7-11,18H2,1H3,(H,19,22). The number of carbonyl (C=O) groups is 1. The molecular weight excluding hydrogens is 292 g/mol. The summed E-state index contributed by atoms with van der Waals surface area (Å²) in [6.07, 6.45) is 4.01. The SMILES string of the molecule is Cc1ccc(CCC(=O)NCc2nc(C3(N)CCC3)no2)cc1. The van der Waals surface area contributed by atoms with Crippen LogP contribution in [0.3, 0.4) is 0 Å². The molecule has 0 aliphatic heterocycles. The molecule has 2 aromatic rings. The summed E-state index contributed by atoms with van der Waals surface area (Å²) in [7, 11) is 0. The van der Waals surface area contributed by atoms with Crippen LogP contribution >= 0.6 is 0 Å². The number of benzene rings is 1. The Morgan fingerprint density at radius 3 is 2.74 bits per heavy atom. The van der Waals surface area contributed by atoms with Gasteiger partial charge in [0, 0.05) is 6.42 Å². The Morgan fingerprint density at radius 2 is 2.09 bits per heavy atom. The number of hydrogen-bond acceptors (Lipinski definition) is 5. The summed E-state index contributed by atoms with van der Waals surface area (Å²) in [5.41, 5.74) is 8.08. The highest BCUT2D eigenvalue weighted by Gasteiger charge is 2.38. The Kier molecular flexibility index (Phi) is 4.43. The highest BCUT2D eigenvalue weighted by atomic mass is 16.5. The molecule has 0 radical (unpaired) electrons. The summed E-state index contributed by atoms with van der Waals surface area (Å²) >= 11 is 0. The number of carbonyl (C=O) groups excluding carboxylic acids is 1. The normalized spacial score (nSPS) is 15.9. The molecule has 0 spiro atoms. The van der Waals surface area contributed by atoms with Crippen LogP contribution in [0.4, 0.5) is 0 Å². The van der Waals surface area contributed by atoms with E-state index in [2.05, 4.69) is 27.6 Å². The summed E-state index contributed by atoms with van der Waals surface area (Å²) in [6.45, 7) is 2.29. The van der Waals surface area contributed by atoms with Gasteiger partial charge < -0.3 is 15.6 Å². The van der Waals surface area contributed by atoms with Gasteiger partial charge in [-0.3, -0.25) is 4.79 Å². The first-order chi connectivity index (χ1) is 11.0. The number of nitrogens with two attached hydrogens (primary N) is 1. The Labute approximate surface area is 135 Å². The molecule has 0 unspecified atom stereocenters. The number of aromatic nitrogens is 2. The third-order valence-corrected chi connectivity index (χ3v) is 4.36. The average Bonchev–Trinajstić information content (AvgIpc) is 2.99. The van der Waals surface area contributed by atoms with Gasteiger partial charge in [-0.2, -0.15) is 4.98 Å². The summed E-state index contributed by atoms with van der Waals surface area (Å²) in [5, 5.41) is 6.73. The van der Waals surface area contributed by atoms with Crippen molar-refractivity contribution in [3.05, 3.63) is 47.1 Å². The molecule has 122 valence electrons. The van der Waals surface area contributed by atoms with Crippen LogP contribution in [0.2, 0.25) is 0 Å². The van der Waals surface area contributed by atoms with E-state index in [1.54, 1.807) is 0 Å². The lowest BCUT2D eigenvalue weighted by Gasteiger charge is -2.34. The third kappa shape index (κ3) is 3.76. The van der Waals surface area contributed by atoms with Crippen molar-refractivity contribution in [3.63, 3.8) is 0 Å². The van der Waals surface area contributed by atoms with Gasteiger partial charge in [-0.1, -0.05) is 35.0 Å². The number of hydrogen-bond donors (Lipinski definition) is 2. The summed E-state index contributed by atoms with van der Waals surface area (Å²) in [6, 6.07) is 8.20. The van der Waals surface area contributed by atoms with Crippen molar-refractivity contribution in [3.8, 4) is 0 Å². The number of rotatable bonds is 6. The van der Waals surface area contributed by atoms with Gasteiger partial charge in [-0.05, 0) is 38.2 Å². The number of nitrogens with one attached hydrogen (secondary N) is 1. The Morgan fingerprint density at radius 1 is 1.35 bits per heavy atom. The highest BCUT2D eigenvalue weighted by Crippen LogP contribution is 2.36. The first-order valence-electron chi connectivity index (χ1n) is 7.99. The van der Waals surface area contributed by atoms with Crippen molar-refractivity contribution in [2.24, 2.45) is 5.73 Å². The van der Waals surface area contributed by atoms with Crippen LogP contribution in [-0.2, 0) is 23.3 Å². The van der Waals surface area contributed by atoms with Crippen LogP contribution in [0.25, 0.3) is 0 Å². The van der Waals surface area contributed by atoms with Gasteiger partial charge in [-0.15, -0.1) is 0 Å². The number of amides is 1. The summed E-state index contributed by atoms with van der Waals surface area (Å²) in [4.78, 5) is 16.2. The highest BCUT2D eigenvalue weighted by molar-refractivity contribution is 5.76. The molecule has 0 saturated heterocycles. The molecule has 0 bridgehead atoms. The Bertz CT molecular complexity index is 674. The van der Waals surface area contributed by atoms with Gasteiger partial charge in [0.25, 0.3) is 0 Å². The molecule has 1 fully saturated rings. The molecule has 1 saturated carbocycles. The molecule has 6 heteroatoms. The lowest BCUT2D eigenvalue weighted by molar-refractivity contribution is -0.121. The molecule has 1 aromatic heterocycles. The van der Waals surface area contributed by atoms with Crippen LogP contribution in [0.5, 0.6) is 0 Å². The van der Waals surface area contributed by atoms with E-state index >= 15 is 0 Å². The summed E-state index contributed by atoms with van der Waals surface area (Å²) in [5.74, 6) is 0.921. The predicted molar refractivity (Wildman–Crippen MR) is 85.4 cm³/mol. The van der Waals surface area contributed by atoms with Gasteiger partial charge in [0.1, 0.15) is 0 Å². The monoisotopic (exact) mass is 314 g/mol. The predicted octanol–water partition coefficient (Wildman–Crippen LogP) is 1.96. The van der Waals surface area contributed by atoms with Gasteiger partial charge in [0.2, 0.25) is 11.8 Å². The number of aryl methyl sites for hydroxylation is 2. The molecule has 1 aromatic carbocycles. The first-order valence-corrected chi connectivity index (χ1v) is 7.99. The van der Waals surface area contributed by atoms with Crippen LogP contribution < -0.4 is 11.1 Å². The molecule has 1 aliphatic rings. The van der Waals surface area contributed by atoms with E-state index in [0.29, 0.717) is 24.6 Å². The van der Waals surface area contributed by atoms with E-state index in [4.69, 9.17) is 10.3 Å². The van der Waals surface area contributed by atoms with Crippen molar-refractivity contribution >= 4 is 5.91 Å². The van der Waals surface area contributed by atoms with E-state index in [1.807, 2.05) is 19.1 Å². The molecule has 0 atom stereocenters. The minimum atomic E-state index is -0.433. The molecule has 23 heavy (non-hydrogen) atoms. The fraction of sp³-hybridized carbons (Fsp3) is 0.471. The van der Waals surface area contributed by atoms with Crippen LogP contribution in [0.1, 0.15) is 48.5 Å².